The number of carbonyl (C=O) groups is 1. The van der Waals surface area contributed by atoms with Crippen molar-refractivity contribution in [3.05, 3.63) is 12.8 Å². The zero-order valence-corrected chi connectivity index (χ0v) is 18.5. The topological polar surface area (TPSA) is 84.9 Å². The highest BCUT2D eigenvalue weighted by atomic mass is 16.6. The van der Waals surface area contributed by atoms with Crippen molar-refractivity contribution in [1.82, 2.24) is 4.90 Å². The maximum atomic E-state index is 11.8. The average molecular weight is 422 g/mol. The highest BCUT2D eigenvalue weighted by molar-refractivity contribution is 5.67. The highest BCUT2D eigenvalue weighted by Gasteiger charge is 2.19. The summed E-state index contributed by atoms with van der Waals surface area (Å²) in [6.07, 6.45) is 1.03. The van der Waals surface area contributed by atoms with Gasteiger partial charge in [0, 0.05) is 13.6 Å². The molecule has 0 fully saturated rings. The second-order valence-electron chi connectivity index (χ2n) is 7.00. The van der Waals surface area contributed by atoms with Crippen LogP contribution >= 0.6 is 0 Å². The molecule has 0 radical (unpaired) electrons. The Labute approximate surface area is 175 Å². The van der Waals surface area contributed by atoms with Crippen LogP contribution in [0.3, 0.4) is 0 Å². The van der Waals surface area contributed by atoms with Crippen molar-refractivity contribution in [3.8, 4) is 0 Å². The van der Waals surface area contributed by atoms with Crippen LogP contribution in [0.2, 0.25) is 0 Å². The summed E-state index contributed by atoms with van der Waals surface area (Å²) in [5, 5.41) is 0. The fourth-order valence-corrected chi connectivity index (χ4v) is 1.80. The van der Waals surface area contributed by atoms with Crippen LogP contribution in [0.25, 0.3) is 0 Å². The van der Waals surface area contributed by atoms with Gasteiger partial charge in [0.1, 0.15) is 12.2 Å². The molecule has 0 bridgehead atoms. The third-order valence-corrected chi connectivity index (χ3v) is 3.23. The molecule has 0 spiro atoms. The first kappa shape index (κ1) is 27.6. The van der Waals surface area contributed by atoms with Crippen molar-refractivity contribution in [2.45, 2.75) is 26.4 Å². The Morgan fingerprint density at radius 2 is 1.14 bits per heavy atom. The van der Waals surface area contributed by atoms with Crippen molar-refractivity contribution in [2.24, 2.45) is 0 Å². The highest BCUT2D eigenvalue weighted by Crippen LogP contribution is 2.08. The molecule has 0 saturated carbocycles. The average Bonchev–Trinajstić information content (AvgIpc) is 2.65. The number of rotatable bonds is 19. The van der Waals surface area contributed by atoms with Crippen LogP contribution in [0.4, 0.5) is 4.79 Å². The minimum atomic E-state index is -0.496. The van der Waals surface area contributed by atoms with Crippen molar-refractivity contribution >= 4 is 6.09 Å². The van der Waals surface area contributed by atoms with Crippen LogP contribution < -0.4 is 0 Å². The molecule has 0 saturated heterocycles. The summed E-state index contributed by atoms with van der Waals surface area (Å²) >= 11 is 0. The lowest BCUT2D eigenvalue weighted by atomic mass is 10.2. The minimum absolute atomic E-state index is 0.357. The van der Waals surface area contributed by atoms with Gasteiger partial charge in [-0.05, 0) is 20.8 Å². The SMILES string of the molecule is C=COCCOCCOCCOCCOCCOCCN(C)C(=O)OC(C)(C)C. The molecule has 0 heterocycles. The van der Waals surface area contributed by atoms with E-state index in [9.17, 15) is 4.79 Å². The molecule has 0 unspecified atom stereocenters. The Morgan fingerprint density at radius 1 is 0.759 bits per heavy atom. The molecular weight excluding hydrogens is 382 g/mol. The van der Waals surface area contributed by atoms with E-state index in [0.717, 1.165) is 0 Å². The smallest absolute Gasteiger partial charge is 0.410 e. The minimum Gasteiger partial charge on any atom is -0.499 e. The first-order chi connectivity index (χ1) is 13.9. The van der Waals surface area contributed by atoms with E-state index in [1.165, 1.54) is 11.2 Å². The summed E-state index contributed by atoms with van der Waals surface area (Å²) in [7, 11) is 1.68. The maximum absolute atomic E-state index is 11.8. The van der Waals surface area contributed by atoms with Crippen molar-refractivity contribution in [3.63, 3.8) is 0 Å². The fourth-order valence-electron chi connectivity index (χ4n) is 1.80. The third-order valence-electron chi connectivity index (χ3n) is 3.23. The third kappa shape index (κ3) is 21.1. The summed E-state index contributed by atoms with van der Waals surface area (Å²) in [6.45, 7) is 14.9. The predicted octanol–water partition coefficient (Wildman–Crippen LogP) is 2.10. The summed E-state index contributed by atoms with van der Waals surface area (Å²) < 4.78 is 37.1. The molecule has 0 aliphatic carbocycles. The Kier molecular flexibility index (Phi) is 17.7. The molecule has 9 heteroatoms. The van der Waals surface area contributed by atoms with E-state index < -0.39 is 5.60 Å². The zero-order chi connectivity index (χ0) is 21.8. The van der Waals surface area contributed by atoms with Gasteiger partial charge < -0.3 is 38.1 Å². The maximum Gasteiger partial charge on any atom is 0.410 e. The lowest BCUT2D eigenvalue weighted by Gasteiger charge is -2.24. The summed E-state index contributed by atoms with van der Waals surface area (Å²) in [5.74, 6) is 0. The molecule has 0 atom stereocenters. The molecule has 172 valence electrons. The predicted molar refractivity (Wildman–Crippen MR) is 109 cm³/mol. The molecule has 0 aromatic carbocycles. The van der Waals surface area contributed by atoms with Gasteiger partial charge in [0.25, 0.3) is 0 Å². The van der Waals surface area contributed by atoms with Gasteiger partial charge in [0.15, 0.2) is 0 Å². The molecule has 0 aromatic rings. The van der Waals surface area contributed by atoms with E-state index in [1.54, 1.807) is 7.05 Å². The number of likely N-dealkylation sites (N-methyl/N-ethyl adjacent to an activating group) is 1. The van der Waals surface area contributed by atoms with Crippen LogP contribution in [0.15, 0.2) is 12.8 Å². The quantitative estimate of drug-likeness (QED) is 0.232. The van der Waals surface area contributed by atoms with Crippen LogP contribution in [0.5, 0.6) is 0 Å². The Morgan fingerprint density at radius 3 is 1.52 bits per heavy atom. The van der Waals surface area contributed by atoms with Gasteiger partial charge in [-0.3, -0.25) is 0 Å². The van der Waals surface area contributed by atoms with Crippen LogP contribution in [-0.2, 0) is 33.2 Å². The lowest BCUT2D eigenvalue weighted by Crippen LogP contribution is -2.36. The van der Waals surface area contributed by atoms with Crippen molar-refractivity contribution in [2.75, 3.05) is 86.3 Å². The largest absolute Gasteiger partial charge is 0.499 e. The summed E-state index contributed by atoms with van der Waals surface area (Å²) in [4.78, 5) is 13.3. The number of nitrogens with zero attached hydrogens (tertiary/aromatic N) is 1. The fraction of sp³-hybridized carbons (Fsp3) is 0.850. The zero-order valence-electron chi connectivity index (χ0n) is 18.5. The van der Waals surface area contributed by atoms with Gasteiger partial charge in [-0.25, -0.2) is 4.79 Å². The van der Waals surface area contributed by atoms with Gasteiger partial charge in [0.05, 0.1) is 72.3 Å². The number of hydrogen-bond acceptors (Lipinski definition) is 8. The summed E-state index contributed by atoms with van der Waals surface area (Å²) in [5.41, 5.74) is -0.496. The number of ether oxygens (including phenoxy) is 7. The van der Waals surface area contributed by atoms with Crippen molar-refractivity contribution < 1.29 is 38.0 Å². The van der Waals surface area contributed by atoms with Gasteiger partial charge in [0.2, 0.25) is 0 Å². The van der Waals surface area contributed by atoms with E-state index in [0.29, 0.717) is 79.2 Å². The van der Waals surface area contributed by atoms with Gasteiger partial charge in [-0.15, -0.1) is 0 Å². The van der Waals surface area contributed by atoms with Gasteiger partial charge in [-0.2, -0.15) is 0 Å². The number of hydrogen-bond donors (Lipinski definition) is 0. The molecule has 0 N–H and O–H groups in total. The van der Waals surface area contributed by atoms with Gasteiger partial charge >= 0.3 is 6.09 Å². The first-order valence-corrected chi connectivity index (χ1v) is 9.92. The monoisotopic (exact) mass is 421 g/mol. The van der Waals surface area contributed by atoms with E-state index in [4.69, 9.17) is 33.2 Å². The molecular formula is C20H39NO8. The van der Waals surface area contributed by atoms with E-state index in [1.807, 2.05) is 20.8 Å². The number of carbonyl (C=O) groups excluding carboxylic acids is 1. The molecule has 9 nitrogen and oxygen atoms in total. The second kappa shape index (κ2) is 18.6. The number of amides is 1. The molecule has 0 aliphatic rings. The normalized spacial score (nSPS) is 11.3. The van der Waals surface area contributed by atoms with E-state index in [-0.39, 0.29) is 6.09 Å². The molecule has 0 aromatic heterocycles. The van der Waals surface area contributed by atoms with Crippen LogP contribution in [-0.4, -0.2) is 103 Å². The van der Waals surface area contributed by atoms with Crippen molar-refractivity contribution in [1.29, 1.82) is 0 Å². The van der Waals surface area contributed by atoms with Crippen LogP contribution in [0, 0.1) is 0 Å². The standard InChI is InChI=1S/C20H39NO8/c1-6-23-9-10-25-13-14-27-17-18-28-16-15-26-12-11-24-8-7-21(5)19(22)29-20(2,3)4/h6H,1,7-18H2,2-5H3. The second-order valence-corrected chi connectivity index (χ2v) is 7.00. The Balaban J connectivity index is 3.24. The molecule has 1 amide bonds. The Hall–Kier alpha value is -1.39. The first-order valence-electron chi connectivity index (χ1n) is 9.92. The molecule has 29 heavy (non-hydrogen) atoms. The van der Waals surface area contributed by atoms with E-state index in [2.05, 4.69) is 6.58 Å². The molecule has 0 aliphatic heterocycles. The lowest BCUT2D eigenvalue weighted by molar-refractivity contribution is -0.0152. The summed E-state index contributed by atoms with van der Waals surface area (Å²) in [6, 6.07) is 0. The van der Waals surface area contributed by atoms with Crippen LogP contribution in [0.1, 0.15) is 20.8 Å². The Bertz CT molecular complexity index is 400. The molecule has 0 rings (SSSR count). The van der Waals surface area contributed by atoms with Gasteiger partial charge in [-0.1, -0.05) is 6.58 Å². The van der Waals surface area contributed by atoms with E-state index >= 15 is 0 Å².